The molecule has 0 aliphatic heterocycles. The minimum atomic E-state index is -0.252. The molecule has 0 spiro atoms. The van der Waals surface area contributed by atoms with E-state index in [1.165, 1.54) is 6.20 Å². The van der Waals surface area contributed by atoms with Crippen LogP contribution in [0, 0.1) is 0 Å². The fraction of sp³-hybridized carbons (Fsp3) is 0. The highest BCUT2D eigenvalue weighted by Gasteiger charge is 2.09. The molecule has 2 heterocycles. The van der Waals surface area contributed by atoms with Crippen LogP contribution in [-0.2, 0) is 0 Å². The van der Waals surface area contributed by atoms with Crippen molar-refractivity contribution in [2.24, 2.45) is 0 Å². The number of hydrogen-bond acceptors (Lipinski definition) is 3. The van der Waals surface area contributed by atoms with Gasteiger partial charge in [-0.15, -0.1) is 0 Å². The second-order valence-electron chi connectivity index (χ2n) is 3.18. The Kier molecular flexibility index (Phi) is 3.86. The minimum Gasteiger partial charge on any atom is -0.306 e. The van der Waals surface area contributed by atoms with Gasteiger partial charge in [0.2, 0.25) is 0 Å². The fourth-order valence-electron chi connectivity index (χ4n) is 1.19. The number of rotatable bonds is 2. The Morgan fingerprint density at radius 3 is 2.82 bits per heavy atom. The number of nitrogens with one attached hydrogen (secondary N) is 1. The van der Waals surface area contributed by atoms with E-state index in [-0.39, 0.29) is 5.91 Å². The maximum Gasteiger partial charge on any atom is 0.258 e. The zero-order valence-electron chi connectivity index (χ0n) is 8.52. The molecule has 0 unspecified atom stereocenters. The van der Waals surface area contributed by atoms with Crippen molar-refractivity contribution in [3.8, 4) is 0 Å². The van der Waals surface area contributed by atoms with Gasteiger partial charge in [0.25, 0.3) is 5.91 Å². The van der Waals surface area contributed by atoms with Gasteiger partial charge in [-0.3, -0.25) is 9.78 Å². The first kappa shape index (κ1) is 12.2. The number of amides is 1. The van der Waals surface area contributed by atoms with E-state index in [9.17, 15) is 4.79 Å². The topological polar surface area (TPSA) is 54.9 Å². The summed E-state index contributed by atoms with van der Waals surface area (Å²) >= 11 is 6.57. The molecule has 2 aromatic rings. The third-order valence-electron chi connectivity index (χ3n) is 1.96. The number of hydrogen-bond donors (Lipinski definition) is 1. The smallest absolute Gasteiger partial charge is 0.258 e. The van der Waals surface area contributed by atoms with Gasteiger partial charge >= 0.3 is 0 Å². The monoisotopic (exact) mass is 355 g/mol. The van der Waals surface area contributed by atoms with Gasteiger partial charge in [0, 0.05) is 23.1 Å². The maximum atomic E-state index is 11.9. The van der Waals surface area contributed by atoms with E-state index in [1.54, 1.807) is 24.5 Å². The third kappa shape index (κ3) is 3.10. The molecule has 0 saturated carbocycles. The second kappa shape index (κ2) is 5.37. The molecule has 0 atom stereocenters. The molecule has 2 aromatic heterocycles. The van der Waals surface area contributed by atoms with Crippen LogP contribution in [-0.4, -0.2) is 15.9 Å². The van der Waals surface area contributed by atoms with Crippen LogP contribution in [0.2, 0.25) is 0 Å². The zero-order chi connectivity index (χ0) is 12.3. The van der Waals surface area contributed by atoms with Crippen LogP contribution in [0.3, 0.4) is 0 Å². The molecule has 6 heteroatoms. The lowest BCUT2D eigenvalue weighted by molar-refractivity contribution is 0.102. The molecule has 86 valence electrons. The summed E-state index contributed by atoms with van der Waals surface area (Å²) in [5, 5.41) is 2.70. The first-order valence-electron chi connectivity index (χ1n) is 4.69. The van der Waals surface area contributed by atoms with E-state index in [0.717, 1.165) is 8.95 Å². The Labute approximate surface area is 115 Å². The van der Waals surface area contributed by atoms with Gasteiger partial charge in [-0.25, -0.2) is 4.98 Å². The van der Waals surface area contributed by atoms with Crippen molar-refractivity contribution >= 4 is 43.6 Å². The molecule has 0 aliphatic rings. The Morgan fingerprint density at radius 1 is 1.29 bits per heavy atom. The Hall–Kier alpha value is -1.27. The number of halogens is 2. The first-order valence-corrected chi connectivity index (χ1v) is 6.28. The van der Waals surface area contributed by atoms with Gasteiger partial charge in [0.05, 0.1) is 10.0 Å². The van der Waals surface area contributed by atoms with Gasteiger partial charge < -0.3 is 5.32 Å². The average Bonchev–Trinajstić information content (AvgIpc) is 2.32. The molecule has 0 aliphatic carbocycles. The normalized spacial score (nSPS) is 10.0. The lowest BCUT2D eigenvalue weighted by atomic mass is 10.3. The van der Waals surface area contributed by atoms with Crippen LogP contribution >= 0.6 is 31.9 Å². The summed E-state index contributed by atoms with van der Waals surface area (Å²) in [6.07, 6.45) is 4.73. The van der Waals surface area contributed by atoms with Crippen LogP contribution in [0.4, 0.5) is 5.82 Å². The summed E-state index contributed by atoms with van der Waals surface area (Å²) in [7, 11) is 0. The van der Waals surface area contributed by atoms with Crippen molar-refractivity contribution < 1.29 is 4.79 Å². The van der Waals surface area contributed by atoms with Crippen molar-refractivity contribution in [3.63, 3.8) is 0 Å². The average molecular weight is 357 g/mol. The van der Waals surface area contributed by atoms with Gasteiger partial charge in [-0.1, -0.05) is 0 Å². The van der Waals surface area contributed by atoms with Crippen molar-refractivity contribution in [2.45, 2.75) is 0 Å². The minimum absolute atomic E-state index is 0.252. The highest BCUT2D eigenvalue weighted by molar-refractivity contribution is 9.10. The lowest BCUT2D eigenvalue weighted by Gasteiger charge is -2.05. The Morgan fingerprint density at radius 2 is 2.12 bits per heavy atom. The molecular formula is C11H7Br2N3O. The lowest BCUT2D eigenvalue weighted by Crippen LogP contribution is -2.13. The Bertz CT molecular complexity index is 560. The van der Waals surface area contributed by atoms with Crippen LogP contribution in [0.25, 0.3) is 0 Å². The molecule has 0 bridgehead atoms. The molecule has 0 radical (unpaired) electrons. The molecular weight excluding hydrogens is 350 g/mol. The van der Waals surface area contributed by atoms with Crippen molar-refractivity contribution in [2.75, 3.05) is 5.32 Å². The molecule has 17 heavy (non-hydrogen) atoms. The summed E-state index contributed by atoms with van der Waals surface area (Å²) < 4.78 is 1.49. The zero-order valence-corrected chi connectivity index (χ0v) is 11.7. The number of carbonyl (C=O) groups excluding carboxylic acids is 1. The van der Waals surface area contributed by atoms with Crippen molar-refractivity contribution in [1.29, 1.82) is 0 Å². The quantitative estimate of drug-likeness (QED) is 0.898. The number of anilines is 1. The van der Waals surface area contributed by atoms with E-state index in [4.69, 9.17) is 0 Å². The van der Waals surface area contributed by atoms with Crippen LogP contribution in [0.1, 0.15) is 10.4 Å². The number of nitrogens with zero attached hydrogens (tertiary/aromatic N) is 2. The summed E-state index contributed by atoms with van der Waals surface area (Å²) in [6, 6.07) is 5.28. The highest BCUT2D eigenvalue weighted by atomic mass is 79.9. The number of aromatic nitrogens is 2. The molecule has 2 rings (SSSR count). The summed E-state index contributed by atoms with van der Waals surface area (Å²) in [5.74, 6) is 0.232. The van der Waals surface area contributed by atoms with Crippen LogP contribution in [0.15, 0.2) is 45.7 Å². The van der Waals surface area contributed by atoms with Crippen LogP contribution < -0.4 is 5.32 Å². The first-order chi connectivity index (χ1) is 8.16. The summed E-state index contributed by atoms with van der Waals surface area (Å²) in [4.78, 5) is 19.9. The van der Waals surface area contributed by atoms with Crippen LogP contribution in [0.5, 0.6) is 0 Å². The van der Waals surface area contributed by atoms with Gasteiger partial charge in [-0.05, 0) is 50.1 Å². The van der Waals surface area contributed by atoms with Gasteiger partial charge in [0.1, 0.15) is 5.82 Å². The van der Waals surface area contributed by atoms with E-state index in [0.29, 0.717) is 11.4 Å². The van der Waals surface area contributed by atoms with Crippen molar-refractivity contribution in [3.05, 3.63) is 51.3 Å². The molecule has 0 saturated heterocycles. The fourth-order valence-corrected chi connectivity index (χ4v) is 1.91. The summed E-state index contributed by atoms with van der Waals surface area (Å²) in [6.45, 7) is 0. The van der Waals surface area contributed by atoms with E-state index in [1.807, 2.05) is 6.07 Å². The number of carbonyl (C=O) groups is 1. The molecule has 0 aromatic carbocycles. The molecule has 1 amide bonds. The maximum absolute atomic E-state index is 11.9. The standard InChI is InChI=1S/C11H7Br2N3O/c12-8-4-7(5-14-6-8)11(17)16-10-9(13)2-1-3-15-10/h1-6H,(H,15,16,17). The third-order valence-corrected chi connectivity index (χ3v) is 3.03. The molecule has 0 fully saturated rings. The number of pyridine rings is 2. The van der Waals surface area contributed by atoms with E-state index < -0.39 is 0 Å². The predicted molar refractivity (Wildman–Crippen MR) is 71.8 cm³/mol. The SMILES string of the molecule is O=C(Nc1ncccc1Br)c1cncc(Br)c1. The van der Waals surface area contributed by atoms with E-state index in [2.05, 4.69) is 47.1 Å². The van der Waals surface area contributed by atoms with Gasteiger partial charge in [-0.2, -0.15) is 0 Å². The van der Waals surface area contributed by atoms with Crippen molar-refractivity contribution in [1.82, 2.24) is 9.97 Å². The largest absolute Gasteiger partial charge is 0.306 e. The molecule has 4 nitrogen and oxygen atoms in total. The Balaban J connectivity index is 2.20. The highest BCUT2D eigenvalue weighted by Crippen LogP contribution is 2.19. The molecule has 1 N–H and O–H groups in total. The van der Waals surface area contributed by atoms with Gasteiger partial charge in [0.15, 0.2) is 0 Å². The van der Waals surface area contributed by atoms with E-state index >= 15 is 0 Å². The predicted octanol–water partition coefficient (Wildman–Crippen LogP) is 3.25. The second-order valence-corrected chi connectivity index (χ2v) is 4.95. The summed E-state index contributed by atoms with van der Waals surface area (Å²) in [5.41, 5.74) is 0.469.